The van der Waals surface area contributed by atoms with E-state index in [2.05, 4.69) is 0 Å². The summed E-state index contributed by atoms with van der Waals surface area (Å²) in [6, 6.07) is 0. The zero-order valence-electron chi connectivity index (χ0n) is 10.6. The second kappa shape index (κ2) is 6.10. The molecule has 2 N–H and O–H groups in total. The van der Waals surface area contributed by atoms with E-state index < -0.39 is 17.5 Å². The first-order chi connectivity index (χ1) is 7.68. The van der Waals surface area contributed by atoms with Crippen molar-refractivity contribution in [3.63, 3.8) is 0 Å². The Morgan fingerprint density at radius 2 is 1.72 bits per heavy atom. The molecule has 0 atom stereocenters. The highest BCUT2D eigenvalue weighted by Gasteiger charge is 2.43. The van der Waals surface area contributed by atoms with E-state index in [0.717, 1.165) is 0 Å². The van der Waals surface area contributed by atoms with E-state index in [4.69, 9.17) is 5.73 Å². The van der Waals surface area contributed by atoms with Gasteiger partial charge in [0.25, 0.3) is 0 Å². The van der Waals surface area contributed by atoms with Gasteiger partial charge in [0.1, 0.15) is 0 Å². The maximum atomic E-state index is 12.4. The van der Waals surface area contributed by atoms with Crippen molar-refractivity contribution in [1.82, 2.24) is 4.90 Å². The standard InChI is InChI=1S/C11H19F3N2O.ClH/c1-10(2,7-15)9(17)16-5-3-8(4-6-16)11(12,13)14;/h8H,3-7,15H2,1-2H3;1H. The molecule has 0 aromatic carbocycles. The van der Waals surface area contributed by atoms with Crippen molar-refractivity contribution in [3.8, 4) is 0 Å². The van der Waals surface area contributed by atoms with Gasteiger partial charge in [-0.3, -0.25) is 4.79 Å². The molecule has 0 aromatic rings. The highest BCUT2D eigenvalue weighted by atomic mass is 35.5. The second-order valence-corrected chi connectivity index (χ2v) is 5.20. The van der Waals surface area contributed by atoms with E-state index in [1.54, 1.807) is 13.8 Å². The van der Waals surface area contributed by atoms with Crippen LogP contribution in [0.5, 0.6) is 0 Å². The highest BCUT2D eigenvalue weighted by molar-refractivity contribution is 5.85. The Balaban J connectivity index is 0.00000289. The molecule has 18 heavy (non-hydrogen) atoms. The van der Waals surface area contributed by atoms with Crippen LogP contribution in [0.4, 0.5) is 13.2 Å². The molecular weight excluding hydrogens is 269 g/mol. The molecule has 1 aliphatic heterocycles. The van der Waals surface area contributed by atoms with E-state index in [1.165, 1.54) is 4.90 Å². The molecule has 1 aliphatic rings. The summed E-state index contributed by atoms with van der Waals surface area (Å²) >= 11 is 0. The minimum Gasteiger partial charge on any atom is -0.342 e. The van der Waals surface area contributed by atoms with Crippen LogP contribution in [-0.2, 0) is 4.79 Å². The third kappa shape index (κ3) is 4.02. The van der Waals surface area contributed by atoms with Crippen LogP contribution in [0.3, 0.4) is 0 Å². The van der Waals surface area contributed by atoms with Gasteiger partial charge in [0.15, 0.2) is 0 Å². The van der Waals surface area contributed by atoms with E-state index in [9.17, 15) is 18.0 Å². The monoisotopic (exact) mass is 288 g/mol. The van der Waals surface area contributed by atoms with Crippen LogP contribution in [-0.4, -0.2) is 36.6 Å². The predicted octanol–water partition coefficient (Wildman–Crippen LogP) is 2.19. The summed E-state index contributed by atoms with van der Waals surface area (Å²) in [5, 5.41) is 0. The summed E-state index contributed by atoms with van der Waals surface area (Å²) in [4.78, 5) is 13.5. The smallest absolute Gasteiger partial charge is 0.342 e. The molecule has 1 fully saturated rings. The van der Waals surface area contributed by atoms with Gasteiger partial charge in [-0.2, -0.15) is 13.2 Å². The van der Waals surface area contributed by atoms with Gasteiger partial charge in [0.2, 0.25) is 5.91 Å². The third-order valence-corrected chi connectivity index (χ3v) is 3.33. The number of hydrogen-bond acceptors (Lipinski definition) is 2. The zero-order valence-corrected chi connectivity index (χ0v) is 11.4. The Hall–Kier alpha value is -0.490. The number of amides is 1. The number of piperidine rings is 1. The molecule has 0 saturated carbocycles. The molecule has 0 aromatic heterocycles. The summed E-state index contributed by atoms with van der Waals surface area (Å²) in [5.41, 5.74) is 4.79. The topological polar surface area (TPSA) is 46.3 Å². The molecule has 0 spiro atoms. The molecule has 1 saturated heterocycles. The number of halogens is 4. The summed E-state index contributed by atoms with van der Waals surface area (Å²) in [6.07, 6.45) is -4.15. The zero-order chi connectivity index (χ0) is 13.3. The SMILES string of the molecule is CC(C)(CN)C(=O)N1CCC(C(F)(F)F)CC1.Cl. The number of likely N-dealkylation sites (tertiary alicyclic amines) is 1. The van der Waals surface area contributed by atoms with Crippen LogP contribution in [0, 0.1) is 11.3 Å². The van der Waals surface area contributed by atoms with Crippen LogP contribution in [0.1, 0.15) is 26.7 Å². The lowest BCUT2D eigenvalue weighted by Gasteiger charge is -2.37. The van der Waals surface area contributed by atoms with Crippen molar-refractivity contribution in [1.29, 1.82) is 0 Å². The number of nitrogens with two attached hydrogens (primary N) is 1. The van der Waals surface area contributed by atoms with E-state index in [0.29, 0.717) is 0 Å². The number of carbonyl (C=O) groups is 1. The molecular formula is C11H20ClF3N2O. The fraction of sp³-hybridized carbons (Fsp3) is 0.909. The van der Waals surface area contributed by atoms with Crippen LogP contribution < -0.4 is 5.73 Å². The molecule has 0 unspecified atom stereocenters. The van der Waals surface area contributed by atoms with Gasteiger partial charge < -0.3 is 10.6 Å². The summed E-state index contributed by atoms with van der Waals surface area (Å²) < 4.78 is 37.3. The second-order valence-electron chi connectivity index (χ2n) is 5.20. The minimum atomic E-state index is -4.14. The van der Waals surface area contributed by atoms with E-state index in [1.807, 2.05) is 0 Å². The van der Waals surface area contributed by atoms with E-state index in [-0.39, 0.29) is 50.8 Å². The first-order valence-corrected chi connectivity index (χ1v) is 5.74. The Bertz CT molecular complexity index is 287. The third-order valence-electron chi connectivity index (χ3n) is 3.33. The predicted molar refractivity (Wildman–Crippen MR) is 65.4 cm³/mol. The van der Waals surface area contributed by atoms with Crippen molar-refractivity contribution in [3.05, 3.63) is 0 Å². The molecule has 7 heteroatoms. The fourth-order valence-corrected chi connectivity index (χ4v) is 1.93. The number of carbonyl (C=O) groups excluding carboxylic acids is 1. The quantitative estimate of drug-likeness (QED) is 0.847. The number of alkyl halides is 3. The van der Waals surface area contributed by atoms with Gasteiger partial charge in [0, 0.05) is 19.6 Å². The molecule has 0 radical (unpaired) electrons. The van der Waals surface area contributed by atoms with Crippen LogP contribution in [0.2, 0.25) is 0 Å². The van der Waals surface area contributed by atoms with Crippen LogP contribution in [0.25, 0.3) is 0 Å². The lowest BCUT2D eigenvalue weighted by Crippen LogP contribution is -2.49. The molecule has 0 aliphatic carbocycles. The van der Waals surface area contributed by atoms with E-state index >= 15 is 0 Å². The fourth-order valence-electron chi connectivity index (χ4n) is 1.93. The summed E-state index contributed by atoms with van der Waals surface area (Å²) in [6.45, 7) is 3.97. The molecule has 1 heterocycles. The maximum Gasteiger partial charge on any atom is 0.391 e. The van der Waals surface area contributed by atoms with Crippen molar-refractivity contribution >= 4 is 18.3 Å². The van der Waals surface area contributed by atoms with Crippen molar-refractivity contribution in [2.24, 2.45) is 17.1 Å². The van der Waals surface area contributed by atoms with Gasteiger partial charge >= 0.3 is 6.18 Å². The van der Waals surface area contributed by atoms with Gasteiger partial charge in [-0.05, 0) is 26.7 Å². The Morgan fingerprint density at radius 3 is 2.06 bits per heavy atom. The van der Waals surface area contributed by atoms with Gasteiger partial charge in [-0.25, -0.2) is 0 Å². The van der Waals surface area contributed by atoms with Crippen LogP contribution >= 0.6 is 12.4 Å². The first kappa shape index (κ1) is 17.5. The minimum absolute atomic E-state index is 0. The molecule has 3 nitrogen and oxygen atoms in total. The van der Waals surface area contributed by atoms with Gasteiger partial charge in [0.05, 0.1) is 11.3 Å². The highest BCUT2D eigenvalue weighted by Crippen LogP contribution is 2.34. The van der Waals surface area contributed by atoms with Crippen molar-refractivity contribution < 1.29 is 18.0 Å². The maximum absolute atomic E-state index is 12.4. The molecule has 1 rings (SSSR count). The molecule has 1 amide bonds. The van der Waals surface area contributed by atoms with Crippen LogP contribution in [0.15, 0.2) is 0 Å². The average Bonchev–Trinajstić information content (AvgIpc) is 2.27. The average molecular weight is 289 g/mol. The largest absolute Gasteiger partial charge is 0.391 e. The Labute approximate surface area is 111 Å². The lowest BCUT2D eigenvalue weighted by atomic mass is 9.89. The Kier molecular flexibility index (Phi) is 5.94. The normalized spacial score (nSPS) is 18.4. The van der Waals surface area contributed by atoms with Gasteiger partial charge in [-0.1, -0.05) is 0 Å². The lowest BCUT2D eigenvalue weighted by molar-refractivity contribution is -0.187. The summed E-state index contributed by atoms with van der Waals surface area (Å²) in [5.74, 6) is -1.42. The van der Waals surface area contributed by atoms with Crippen molar-refractivity contribution in [2.45, 2.75) is 32.9 Å². The van der Waals surface area contributed by atoms with Crippen molar-refractivity contribution in [2.75, 3.05) is 19.6 Å². The number of rotatable bonds is 2. The first-order valence-electron chi connectivity index (χ1n) is 5.74. The Morgan fingerprint density at radius 1 is 1.28 bits per heavy atom. The summed E-state index contributed by atoms with van der Waals surface area (Å²) in [7, 11) is 0. The number of hydrogen-bond donors (Lipinski definition) is 1. The number of nitrogens with zero attached hydrogens (tertiary/aromatic N) is 1. The molecule has 108 valence electrons. The van der Waals surface area contributed by atoms with Gasteiger partial charge in [-0.15, -0.1) is 12.4 Å². The molecule has 0 bridgehead atoms.